The summed E-state index contributed by atoms with van der Waals surface area (Å²) < 4.78 is 10.2. The summed E-state index contributed by atoms with van der Waals surface area (Å²) in [5, 5.41) is 0. The molecule has 0 bridgehead atoms. The molecule has 1 heterocycles. The Morgan fingerprint density at radius 3 is 2.71 bits per heavy atom. The second kappa shape index (κ2) is 5.98. The van der Waals surface area contributed by atoms with Gasteiger partial charge < -0.3 is 15.2 Å². The van der Waals surface area contributed by atoms with Gasteiger partial charge >= 0.3 is 5.97 Å². The van der Waals surface area contributed by atoms with E-state index in [4.69, 9.17) is 15.2 Å². The average molecular weight is 201 g/mol. The summed E-state index contributed by atoms with van der Waals surface area (Å²) >= 11 is 0. The van der Waals surface area contributed by atoms with Gasteiger partial charge in [0.25, 0.3) is 0 Å². The Hall–Kier alpha value is -0.610. The largest absolute Gasteiger partial charge is 0.466 e. The molecule has 14 heavy (non-hydrogen) atoms. The van der Waals surface area contributed by atoms with E-state index >= 15 is 0 Å². The van der Waals surface area contributed by atoms with E-state index in [1.54, 1.807) is 0 Å². The van der Waals surface area contributed by atoms with Gasteiger partial charge in [-0.05, 0) is 25.7 Å². The smallest absolute Gasteiger partial charge is 0.310 e. The minimum Gasteiger partial charge on any atom is -0.466 e. The van der Waals surface area contributed by atoms with Crippen molar-refractivity contribution in [2.45, 2.75) is 19.8 Å². The molecule has 4 heteroatoms. The van der Waals surface area contributed by atoms with Gasteiger partial charge in [-0.1, -0.05) is 0 Å². The lowest BCUT2D eigenvalue weighted by atomic mass is 9.86. The molecule has 0 amide bonds. The highest BCUT2D eigenvalue weighted by Crippen LogP contribution is 2.24. The van der Waals surface area contributed by atoms with Crippen LogP contribution in [-0.2, 0) is 14.3 Å². The monoisotopic (exact) mass is 201 g/mol. The molecule has 0 radical (unpaired) electrons. The van der Waals surface area contributed by atoms with E-state index in [-0.39, 0.29) is 11.9 Å². The summed E-state index contributed by atoms with van der Waals surface area (Å²) in [4.78, 5) is 11.5. The van der Waals surface area contributed by atoms with Gasteiger partial charge in [0, 0.05) is 19.8 Å². The van der Waals surface area contributed by atoms with Crippen molar-refractivity contribution in [1.82, 2.24) is 0 Å². The molecule has 1 rings (SSSR count). The van der Waals surface area contributed by atoms with Crippen molar-refractivity contribution in [3.05, 3.63) is 0 Å². The molecular weight excluding hydrogens is 182 g/mol. The molecule has 0 saturated carbocycles. The Balaban J connectivity index is 2.46. The summed E-state index contributed by atoms with van der Waals surface area (Å²) in [6, 6.07) is 0. The molecule has 0 spiro atoms. The molecule has 1 unspecified atom stereocenters. The van der Waals surface area contributed by atoms with E-state index in [1.165, 1.54) is 0 Å². The standard InChI is InChI=1S/C10H19NO3/c1-2-14-10(12)9(7-11)8-3-5-13-6-4-8/h8-9H,2-7,11H2,1H3. The lowest BCUT2D eigenvalue weighted by Crippen LogP contribution is -2.35. The number of ether oxygens (including phenoxy) is 2. The minimum atomic E-state index is -0.151. The van der Waals surface area contributed by atoms with E-state index in [9.17, 15) is 4.79 Å². The van der Waals surface area contributed by atoms with E-state index in [0.717, 1.165) is 26.1 Å². The lowest BCUT2D eigenvalue weighted by Gasteiger charge is -2.27. The zero-order chi connectivity index (χ0) is 10.4. The molecule has 1 fully saturated rings. The van der Waals surface area contributed by atoms with Gasteiger partial charge in [0.05, 0.1) is 12.5 Å². The molecule has 1 aliphatic rings. The summed E-state index contributed by atoms with van der Waals surface area (Å²) in [5.74, 6) is 0.0496. The maximum atomic E-state index is 11.5. The van der Waals surface area contributed by atoms with Crippen LogP contribution in [0.15, 0.2) is 0 Å². The summed E-state index contributed by atoms with van der Waals surface area (Å²) in [5.41, 5.74) is 5.59. The highest BCUT2D eigenvalue weighted by Gasteiger charge is 2.29. The van der Waals surface area contributed by atoms with Gasteiger partial charge in [-0.25, -0.2) is 0 Å². The number of nitrogens with two attached hydrogens (primary N) is 1. The number of carbonyl (C=O) groups excluding carboxylic acids is 1. The van der Waals surface area contributed by atoms with Crippen LogP contribution in [0.1, 0.15) is 19.8 Å². The van der Waals surface area contributed by atoms with Crippen LogP contribution < -0.4 is 5.73 Å². The molecule has 0 aromatic rings. The highest BCUT2D eigenvalue weighted by atomic mass is 16.5. The van der Waals surface area contributed by atoms with Crippen LogP contribution in [0.3, 0.4) is 0 Å². The van der Waals surface area contributed by atoms with Gasteiger partial charge in [-0.3, -0.25) is 4.79 Å². The quantitative estimate of drug-likeness (QED) is 0.675. The average Bonchev–Trinajstić information content (AvgIpc) is 2.21. The first-order chi connectivity index (χ1) is 6.79. The van der Waals surface area contributed by atoms with Gasteiger partial charge in [-0.15, -0.1) is 0 Å². The van der Waals surface area contributed by atoms with Crippen LogP contribution in [0.5, 0.6) is 0 Å². The normalized spacial score (nSPS) is 20.4. The fraction of sp³-hybridized carbons (Fsp3) is 0.900. The maximum Gasteiger partial charge on any atom is 0.310 e. The number of hydrogen-bond donors (Lipinski definition) is 1. The van der Waals surface area contributed by atoms with E-state index in [0.29, 0.717) is 19.1 Å². The van der Waals surface area contributed by atoms with E-state index < -0.39 is 0 Å². The second-order valence-corrected chi connectivity index (χ2v) is 3.54. The third-order valence-corrected chi connectivity index (χ3v) is 2.68. The minimum absolute atomic E-state index is 0.140. The zero-order valence-corrected chi connectivity index (χ0v) is 8.70. The molecule has 2 N–H and O–H groups in total. The van der Waals surface area contributed by atoms with Crippen molar-refractivity contribution >= 4 is 5.97 Å². The maximum absolute atomic E-state index is 11.5. The number of hydrogen-bond acceptors (Lipinski definition) is 4. The summed E-state index contributed by atoms with van der Waals surface area (Å²) in [6.07, 6.45) is 1.83. The number of esters is 1. The Labute approximate surface area is 84.7 Å². The predicted molar refractivity (Wildman–Crippen MR) is 52.7 cm³/mol. The van der Waals surface area contributed by atoms with Crippen LogP contribution in [0.4, 0.5) is 0 Å². The van der Waals surface area contributed by atoms with Crippen molar-refractivity contribution in [3.8, 4) is 0 Å². The molecule has 82 valence electrons. The van der Waals surface area contributed by atoms with Gasteiger partial charge in [0.15, 0.2) is 0 Å². The molecule has 0 aromatic heterocycles. The molecule has 4 nitrogen and oxygen atoms in total. The van der Waals surface area contributed by atoms with Gasteiger partial charge in [0.2, 0.25) is 0 Å². The van der Waals surface area contributed by atoms with E-state index in [2.05, 4.69) is 0 Å². The topological polar surface area (TPSA) is 61.5 Å². The summed E-state index contributed by atoms with van der Waals surface area (Å²) in [6.45, 7) is 4.10. The highest BCUT2D eigenvalue weighted by molar-refractivity contribution is 5.73. The SMILES string of the molecule is CCOC(=O)C(CN)C1CCOCC1. The van der Waals surface area contributed by atoms with Crippen LogP contribution in [0, 0.1) is 11.8 Å². The molecule has 1 saturated heterocycles. The summed E-state index contributed by atoms with van der Waals surface area (Å²) in [7, 11) is 0. The molecule has 0 aliphatic carbocycles. The van der Waals surface area contributed by atoms with Crippen molar-refractivity contribution in [2.75, 3.05) is 26.4 Å². The van der Waals surface area contributed by atoms with Gasteiger partial charge in [-0.2, -0.15) is 0 Å². The zero-order valence-electron chi connectivity index (χ0n) is 8.70. The number of carbonyl (C=O) groups is 1. The predicted octanol–water partition coefficient (Wildman–Crippen LogP) is 0.551. The third kappa shape index (κ3) is 2.96. The van der Waals surface area contributed by atoms with E-state index in [1.807, 2.05) is 6.92 Å². The Morgan fingerprint density at radius 1 is 1.57 bits per heavy atom. The Kier molecular flexibility index (Phi) is 4.90. The molecule has 1 atom stereocenters. The number of rotatable bonds is 4. The van der Waals surface area contributed by atoms with Crippen molar-refractivity contribution in [2.24, 2.45) is 17.6 Å². The molecule has 0 aromatic carbocycles. The van der Waals surface area contributed by atoms with Crippen LogP contribution in [0.25, 0.3) is 0 Å². The van der Waals surface area contributed by atoms with Crippen molar-refractivity contribution in [1.29, 1.82) is 0 Å². The van der Waals surface area contributed by atoms with Gasteiger partial charge in [0.1, 0.15) is 0 Å². The third-order valence-electron chi connectivity index (χ3n) is 2.68. The first kappa shape index (κ1) is 11.5. The Morgan fingerprint density at radius 2 is 2.21 bits per heavy atom. The molecule has 1 aliphatic heterocycles. The first-order valence-corrected chi connectivity index (χ1v) is 5.24. The van der Waals surface area contributed by atoms with Crippen LogP contribution in [0.2, 0.25) is 0 Å². The lowest BCUT2D eigenvalue weighted by molar-refractivity contribution is -0.150. The molecular formula is C10H19NO3. The van der Waals surface area contributed by atoms with Crippen LogP contribution >= 0.6 is 0 Å². The van der Waals surface area contributed by atoms with Crippen molar-refractivity contribution < 1.29 is 14.3 Å². The first-order valence-electron chi connectivity index (χ1n) is 5.24. The van der Waals surface area contributed by atoms with Crippen molar-refractivity contribution in [3.63, 3.8) is 0 Å². The van der Waals surface area contributed by atoms with Crippen LogP contribution in [-0.4, -0.2) is 32.3 Å². The fourth-order valence-electron chi connectivity index (χ4n) is 1.85. The fourth-order valence-corrected chi connectivity index (χ4v) is 1.85. The Bertz CT molecular complexity index is 178. The second-order valence-electron chi connectivity index (χ2n) is 3.54.